The number of hydrogen-bond donors (Lipinski definition) is 8. The first-order valence-electron chi connectivity index (χ1n) is 11.7. The Morgan fingerprint density at radius 2 is 1.54 bits per heavy atom. The van der Waals surface area contributed by atoms with Crippen LogP contribution in [0.15, 0.2) is 36.8 Å². The van der Waals surface area contributed by atoms with Crippen molar-refractivity contribution in [2.45, 2.75) is 63.9 Å². The van der Waals surface area contributed by atoms with E-state index in [0.717, 1.165) is 0 Å². The highest BCUT2D eigenvalue weighted by atomic mass is 16.4. The summed E-state index contributed by atoms with van der Waals surface area (Å²) in [5, 5.41) is 36.3. The summed E-state index contributed by atoms with van der Waals surface area (Å²) in [6, 6.07) is 1.27. The number of aliphatic carboxylic acids is 1. The standard InChI is InChI=1S/C24H34N6O7/c1-12(2)19(29-21(33)17(25)8-14-4-6-16(32)7-5-14)22(34)30-20(13(3)31)23(35)28-18(24(36)37)9-15-10-26-11-27-15/h4-7,10-13,17-20,31-32H,8-9,25H2,1-3H3,(H,26,27)(H,28,35)(H,29,33)(H,30,34)(H,36,37). The van der Waals surface area contributed by atoms with Gasteiger partial charge >= 0.3 is 5.97 Å². The third kappa shape index (κ3) is 8.88. The van der Waals surface area contributed by atoms with Crippen molar-refractivity contribution in [3.8, 4) is 5.75 Å². The zero-order chi connectivity index (χ0) is 27.7. The number of aliphatic hydroxyl groups is 1. The fraction of sp³-hybridized carbons (Fsp3) is 0.458. The number of aromatic hydroxyl groups is 1. The van der Waals surface area contributed by atoms with Crippen molar-refractivity contribution >= 4 is 23.7 Å². The Morgan fingerprint density at radius 3 is 2.05 bits per heavy atom. The number of benzene rings is 1. The number of aromatic nitrogens is 2. The van der Waals surface area contributed by atoms with Crippen LogP contribution < -0.4 is 21.7 Å². The number of rotatable bonds is 13. The first-order valence-corrected chi connectivity index (χ1v) is 11.7. The van der Waals surface area contributed by atoms with E-state index in [0.29, 0.717) is 11.3 Å². The van der Waals surface area contributed by atoms with E-state index in [2.05, 4.69) is 25.9 Å². The molecule has 3 amide bonds. The second-order valence-electron chi connectivity index (χ2n) is 9.11. The molecule has 13 nitrogen and oxygen atoms in total. The summed E-state index contributed by atoms with van der Waals surface area (Å²) in [6.07, 6.45) is 1.48. The number of aliphatic hydroxyl groups excluding tert-OH is 1. The van der Waals surface area contributed by atoms with Gasteiger partial charge in [-0.25, -0.2) is 9.78 Å². The van der Waals surface area contributed by atoms with Crippen molar-refractivity contribution in [2.75, 3.05) is 0 Å². The average Bonchev–Trinajstić information content (AvgIpc) is 3.34. The molecule has 1 heterocycles. The maximum Gasteiger partial charge on any atom is 0.326 e. The number of carbonyl (C=O) groups is 4. The van der Waals surface area contributed by atoms with Crippen LogP contribution in [0, 0.1) is 5.92 Å². The molecule has 0 radical (unpaired) electrons. The second-order valence-corrected chi connectivity index (χ2v) is 9.11. The molecule has 13 heteroatoms. The van der Waals surface area contributed by atoms with Gasteiger partial charge < -0.3 is 42.0 Å². The van der Waals surface area contributed by atoms with Crippen molar-refractivity contribution in [1.29, 1.82) is 0 Å². The summed E-state index contributed by atoms with van der Waals surface area (Å²) in [7, 11) is 0. The zero-order valence-corrected chi connectivity index (χ0v) is 20.8. The molecule has 202 valence electrons. The molecule has 1 aromatic carbocycles. The minimum atomic E-state index is -1.49. The smallest absolute Gasteiger partial charge is 0.326 e. The van der Waals surface area contributed by atoms with Crippen LogP contribution in [0.5, 0.6) is 5.75 Å². The normalized spacial score (nSPS) is 15.2. The average molecular weight is 519 g/mol. The Kier molecular flexibility index (Phi) is 10.6. The van der Waals surface area contributed by atoms with E-state index < -0.39 is 59.9 Å². The molecule has 0 aliphatic carbocycles. The van der Waals surface area contributed by atoms with Gasteiger partial charge in [-0.15, -0.1) is 0 Å². The van der Waals surface area contributed by atoms with Crippen LogP contribution >= 0.6 is 0 Å². The fourth-order valence-corrected chi connectivity index (χ4v) is 3.50. The number of imidazole rings is 1. The molecule has 0 saturated heterocycles. The topological polar surface area (TPSA) is 220 Å². The van der Waals surface area contributed by atoms with Gasteiger partial charge in [0, 0.05) is 18.3 Å². The lowest BCUT2D eigenvalue weighted by molar-refractivity contribution is -0.143. The molecule has 0 bridgehead atoms. The van der Waals surface area contributed by atoms with Crippen LogP contribution in [0.4, 0.5) is 0 Å². The number of nitrogens with one attached hydrogen (secondary N) is 4. The number of carbonyl (C=O) groups excluding carboxylic acids is 3. The molecule has 0 aliphatic heterocycles. The van der Waals surface area contributed by atoms with Gasteiger partial charge in [0.2, 0.25) is 17.7 Å². The molecule has 0 spiro atoms. The number of phenolic OH excluding ortho intramolecular Hbond substituents is 1. The number of nitrogens with zero attached hydrogens (tertiary/aromatic N) is 1. The molecule has 0 saturated carbocycles. The third-order valence-electron chi connectivity index (χ3n) is 5.63. The summed E-state index contributed by atoms with van der Waals surface area (Å²) in [4.78, 5) is 56.7. The highest BCUT2D eigenvalue weighted by Gasteiger charge is 2.34. The molecule has 2 rings (SSSR count). The summed E-state index contributed by atoms with van der Waals surface area (Å²) >= 11 is 0. The van der Waals surface area contributed by atoms with Gasteiger partial charge in [-0.3, -0.25) is 14.4 Å². The molecular formula is C24H34N6O7. The van der Waals surface area contributed by atoms with E-state index in [9.17, 15) is 34.5 Å². The zero-order valence-electron chi connectivity index (χ0n) is 20.8. The van der Waals surface area contributed by atoms with E-state index in [1.54, 1.807) is 26.0 Å². The van der Waals surface area contributed by atoms with Crippen LogP contribution in [0.1, 0.15) is 32.0 Å². The predicted molar refractivity (Wildman–Crippen MR) is 132 cm³/mol. The van der Waals surface area contributed by atoms with Crippen molar-refractivity contribution in [3.63, 3.8) is 0 Å². The number of hydrogen-bond acceptors (Lipinski definition) is 8. The minimum Gasteiger partial charge on any atom is -0.508 e. The Bertz CT molecular complexity index is 1060. The van der Waals surface area contributed by atoms with Gasteiger partial charge in [-0.2, -0.15) is 0 Å². The van der Waals surface area contributed by atoms with E-state index in [4.69, 9.17) is 5.73 Å². The molecule has 1 aromatic heterocycles. The summed E-state index contributed by atoms with van der Waals surface area (Å²) < 4.78 is 0. The highest BCUT2D eigenvalue weighted by Crippen LogP contribution is 2.12. The quantitative estimate of drug-likeness (QED) is 0.159. The number of phenols is 1. The molecule has 37 heavy (non-hydrogen) atoms. The first kappa shape index (κ1) is 29.3. The van der Waals surface area contributed by atoms with Crippen LogP contribution in [-0.2, 0) is 32.0 Å². The summed E-state index contributed by atoms with van der Waals surface area (Å²) in [6.45, 7) is 4.63. The van der Waals surface area contributed by atoms with Crippen molar-refractivity contribution < 1.29 is 34.5 Å². The summed E-state index contributed by atoms with van der Waals surface area (Å²) in [5.41, 5.74) is 7.18. The Morgan fingerprint density at radius 1 is 0.946 bits per heavy atom. The van der Waals surface area contributed by atoms with Crippen molar-refractivity contribution in [3.05, 3.63) is 48.0 Å². The number of nitrogens with two attached hydrogens (primary N) is 1. The maximum atomic E-state index is 13.0. The van der Waals surface area contributed by atoms with Gasteiger partial charge in [-0.05, 0) is 37.0 Å². The second kappa shape index (κ2) is 13.4. The Balaban J connectivity index is 2.05. The monoisotopic (exact) mass is 518 g/mol. The van der Waals surface area contributed by atoms with E-state index in [1.807, 2.05) is 0 Å². The lowest BCUT2D eigenvalue weighted by Gasteiger charge is -2.28. The number of aromatic amines is 1. The molecule has 0 fully saturated rings. The third-order valence-corrected chi connectivity index (χ3v) is 5.63. The Hall–Kier alpha value is -3.97. The van der Waals surface area contributed by atoms with Crippen molar-refractivity contribution in [1.82, 2.24) is 25.9 Å². The van der Waals surface area contributed by atoms with E-state index >= 15 is 0 Å². The van der Waals surface area contributed by atoms with Gasteiger partial charge in [0.15, 0.2) is 0 Å². The lowest BCUT2D eigenvalue weighted by Crippen LogP contribution is -2.61. The van der Waals surface area contributed by atoms with E-state index in [1.165, 1.54) is 31.6 Å². The number of amides is 3. The van der Waals surface area contributed by atoms with Crippen molar-refractivity contribution in [2.24, 2.45) is 11.7 Å². The number of carboxylic acids is 1. The van der Waals surface area contributed by atoms with Crippen LogP contribution in [-0.4, -0.2) is 79.2 Å². The molecule has 9 N–H and O–H groups in total. The molecular weight excluding hydrogens is 484 g/mol. The predicted octanol–water partition coefficient (Wildman–Crippen LogP) is -1.20. The lowest BCUT2D eigenvalue weighted by atomic mass is 10.0. The number of H-pyrrole nitrogens is 1. The van der Waals surface area contributed by atoms with Gasteiger partial charge in [0.1, 0.15) is 23.9 Å². The molecule has 5 atom stereocenters. The molecule has 2 aromatic rings. The molecule has 0 aliphatic rings. The van der Waals surface area contributed by atoms with Gasteiger partial charge in [-0.1, -0.05) is 26.0 Å². The van der Waals surface area contributed by atoms with Crippen LogP contribution in [0.25, 0.3) is 0 Å². The largest absolute Gasteiger partial charge is 0.508 e. The fourth-order valence-electron chi connectivity index (χ4n) is 3.50. The molecule has 5 unspecified atom stereocenters. The van der Waals surface area contributed by atoms with Gasteiger partial charge in [0.25, 0.3) is 0 Å². The first-order chi connectivity index (χ1) is 17.4. The minimum absolute atomic E-state index is 0.0750. The highest BCUT2D eigenvalue weighted by molar-refractivity contribution is 5.94. The van der Waals surface area contributed by atoms with Gasteiger partial charge in [0.05, 0.1) is 18.5 Å². The SMILES string of the molecule is CC(C)C(NC(=O)C(N)Cc1ccc(O)cc1)C(=O)NC(C(=O)NC(Cc1cnc[nH]1)C(=O)O)C(C)O. The van der Waals surface area contributed by atoms with E-state index in [-0.39, 0.29) is 18.6 Å². The Labute approximate surface area is 213 Å². The van der Waals surface area contributed by atoms with Crippen LogP contribution in [0.3, 0.4) is 0 Å². The summed E-state index contributed by atoms with van der Waals surface area (Å²) in [5.74, 6) is -3.91. The van der Waals surface area contributed by atoms with Crippen LogP contribution in [0.2, 0.25) is 0 Å². The number of carboxylic acid groups (broad SMARTS) is 1. The maximum absolute atomic E-state index is 13.0.